The van der Waals surface area contributed by atoms with Gasteiger partial charge in [0.1, 0.15) is 5.82 Å². The van der Waals surface area contributed by atoms with E-state index < -0.39 is 0 Å². The lowest BCUT2D eigenvalue weighted by molar-refractivity contribution is 0.178. The minimum Gasteiger partial charge on any atom is -0.393 e. The molecule has 1 aliphatic carbocycles. The number of hydrogen-bond acceptors (Lipinski definition) is 5. The van der Waals surface area contributed by atoms with Crippen LogP contribution in [0.15, 0.2) is 6.20 Å². The van der Waals surface area contributed by atoms with Gasteiger partial charge in [-0.25, -0.2) is 4.98 Å². The molecule has 3 N–H and O–H groups in total. The third-order valence-corrected chi connectivity index (χ3v) is 3.27. The topological polar surface area (TPSA) is 70.1 Å². The number of anilines is 2. The highest BCUT2D eigenvalue weighted by Gasteiger charge is 2.22. The molecular weight excluding hydrogens is 216 g/mol. The molecule has 0 spiro atoms. The maximum atomic E-state index is 9.47. The van der Waals surface area contributed by atoms with Crippen LogP contribution in [0.1, 0.15) is 24.8 Å². The van der Waals surface area contributed by atoms with Gasteiger partial charge in [0.25, 0.3) is 0 Å². The molecule has 0 saturated heterocycles. The Bertz CT molecular complexity index is 383. The smallest absolute Gasteiger partial charge is 0.224 e. The number of hydrogen-bond donors (Lipinski definition) is 3. The molecule has 2 unspecified atom stereocenters. The van der Waals surface area contributed by atoms with E-state index in [2.05, 4.69) is 20.6 Å². The number of nitrogens with zero attached hydrogens (tertiary/aromatic N) is 2. The Morgan fingerprint density at radius 2 is 2.29 bits per heavy atom. The summed E-state index contributed by atoms with van der Waals surface area (Å²) >= 11 is 0. The van der Waals surface area contributed by atoms with Gasteiger partial charge in [0.15, 0.2) is 0 Å². The summed E-state index contributed by atoms with van der Waals surface area (Å²) in [4.78, 5) is 8.52. The SMILES string of the molecule is CNc1ncc(C)c(NCC2CCC(O)C2)n1. The zero-order valence-electron chi connectivity index (χ0n) is 10.4. The second-order valence-electron chi connectivity index (χ2n) is 4.69. The summed E-state index contributed by atoms with van der Waals surface area (Å²) in [6, 6.07) is 0. The molecule has 1 aromatic rings. The average molecular weight is 236 g/mol. The van der Waals surface area contributed by atoms with Gasteiger partial charge in [-0.15, -0.1) is 0 Å². The molecule has 1 saturated carbocycles. The predicted octanol–water partition coefficient (Wildman–Crippen LogP) is 1.40. The van der Waals surface area contributed by atoms with Crippen LogP contribution in [0.2, 0.25) is 0 Å². The van der Waals surface area contributed by atoms with Crippen LogP contribution in [0.5, 0.6) is 0 Å². The van der Waals surface area contributed by atoms with Crippen molar-refractivity contribution in [2.75, 3.05) is 24.2 Å². The summed E-state index contributed by atoms with van der Waals surface area (Å²) in [6.07, 6.45) is 4.62. The van der Waals surface area contributed by atoms with Crippen molar-refractivity contribution in [3.8, 4) is 0 Å². The van der Waals surface area contributed by atoms with Gasteiger partial charge in [0.2, 0.25) is 5.95 Å². The zero-order valence-corrected chi connectivity index (χ0v) is 10.4. The van der Waals surface area contributed by atoms with E-state index in [1.165, 1.54) is 0 Å². The van der Waals surface area contributed by atoms with Gasteiger partial charge in [0.05, 0.1) is 6.10 Å². The lowest BCUT2D eigenvalue weighted by atomic mass is 10.1. The van der Waals surface area contributed by atoms with E-state index in [4.69, 9.17) is 0 Å². The average Bonchev–Trinajstić information content (AvgIpc) is 2.74. The van der Waals surface area contributed by atoms with E-state index in [9.17, 15) is 5.11 Å². The van der Waals surface area contributed by atoms with Gasteiger partial charge in [0, 0.05) is 25.4 Å². The number of aliphatic hydroxyl groups excluding tert-OH is 1. The van der Waals surface area contributed by atoms with Crippen LogP contribution in [0.25, 0.3) is 0 Å². The van der Waals surface area contributed by atoms with E-state index in [-0.39, 0.29) is 6.10 Å². The van der Waals surface area contributed by atoms with Crippen LogP contribution in [-0.4, -0.2) is 34.8 Å². The molecule has 0 aliphatic heterocycles. The normalized spacial score (nSPS) is 23.7. The molecule has 17 heavy (non-hydrogen) atoms. The molecular formula is C12H20N4O. The van der Waals surface area contributed by atoms with Gasteiger partial charge in [-0.05, 0) is 32.1 Å². The Kier molecular flexibility index (Phi) is 3.78. The fraction of sp³-hybridized carbons (Fsp3) is 0.667. The molecule has 5 heteroatoms. The van der Waals surface area contributed by atoms with E-state index in [0.717, 1.165) is 37.2 Å². The van der Waals surface area contributed by atoms with Crippen molar-refractivity contribution in [2.24, 2.45) is 5.92 Å². The van der Waals surface area contributed by atoms with Crippen LogP contribution < -0.4 is 10.6 Å². The molecule has 0 amide bonds. The molecule has 5 nitrogen and oxygen atoms in total. The number of rotatable bonds is 4. The van der Waals surface area contributed by atoms with Crippen LogP contribution >= 0.6 is 0 Å². The third-order valence-electron chi connectivity index (χ3n) is 3.27. The highest BCUT2D eigenvalue weighted by Crippen LogP contribution is 2.25. The first kappa shape index (κ1) is 12.1. The second kappa shape index (κ2) is 5.31. The van der Waals surface area contributed by atoms with Crippen LogP contribution in [0.4, 0.5) is 11.8 Å². The lowest BCUT2D eigenvalue weighted by Crippen LogP contribution is -2.14. The Morgan fingerprint density at radius 3 is 2.94 bits per heavy atom. The zero-order chi connectivity index (χ0) is 12.3. The van der Waals surface area contributed by atoms with Crippen molar-refractivity contribution < 1.29 is 5.11 Å². The summed E-state index contributed by atoms with van der Waals surface area (Å²) in [5.74, 6) is 2.06. The van der Waals surface area contributed by atoms with E-state index >= 15 is 0 Å². The number of aryl methyl sites for hydroxylation is 1. The quantitative estimate of drug-likeness (QED) is 0.737. The van der Waals surface area contributed by atoms with Gasteiger partial charge in [-0.2, -0.15) is 4.98 Å². The first-order valence-corrected chi connectivity index (χ1v) is 6.12. The molecule has 1 aromatic heterocycles. The van der Waals surface area contributed by atoms with Crippen molar-refractivity contribution in [3.05, 3.63) is 11.8 Å². The lowest BCUT2D eigenvalue weighted by Gasteiger charge is -2.13. The summed E-state index contributed by atoms with van der Waals surface area (Å²) in [5.41, 5.74) is 1.04. The minimum atomic E-state index is -0.110. The van der Waals surface area contributed by atoms with Gasteiger partial charge in [-0.1, -0.05) is 0 Å². The molecule has 1 aliphatic rings. The van der Waals surface area contributed by atoms with E-state index in [1.54, 1.807) is 0 Å². The van der Waals surface area contributed by atoms with Crippen LogP contribution in [-0.2, 0) is 0 Å². The maximum Gasteiger partial charge on any atom is 0.224 e. The highest BCUT2D eigenvalue weighted by molar-refractivity contribution is 5.46. The molecule has 0 radical (unpaired) electrons. The summed E-state index contributed by atoms with van der Waals surface area (Å²) in [7, 11) is 1.81. The fourth-order valence-electron chi connectivity index (χ4n) is 2.22. The van der Waals surface area contributed by atoms with E-state index in [1.807, 2.05) is 20.2 Å². The van der Waals surface area contributed by atoms with Crippen molar-refractivity contribution in [3.63, 3.8) is 0 Å². The largest absolute Gasteiger partial charge is 0.393 e. The van der Waals surface area contributed by atoms with Crippen LogP contribution in [0, 0.1) is 12.8 Å². The third kappa shape index (κ3) is 3.06. The Balaban J connectivity index is 1.94. The predicted molar refractivity (Wildman–Crippen MR) is 68.2 cm³/mol. The fourth-order valence-corrected chi connectivity index (χ4v) is 2.22. The Morgan fingerprint density at radius 1 is 1.47 bits per heavy atom. The molecule has 1 heterocycles. The second-order valence-corrected chi connectivity index (χ2v) is 4.69. The van der Waals surface area contributed by atoms with Gasteiger partial charge < -0.3 is 15.7 Å². The molecule has 0 aromatic carbocycles. The van der Waals surface area contributed by atoms with Gasteiger partial charge >= 0.3 is 0 Å². The summed E-state index contributed by atoms with van der Waals surface area (Å²) in [5, 5.41) is 15.7. The molecule has 2 atom stereocenters. The van der Waals surface area contributed by atoms with Gasteiger partial charge in [-0.3, -0.25) is 0 Å². The maximum absolute atomic E-state index is 9.47. The monoisotopic (exact) mass is 236 g/mol. The number of nitrogens with one attached hydrogen (secondary N) is 2. The highest BCUT2D eigenvalue weighted by atomic mass is 16.3. The van der Waals surface area contributed by atoms with Crippen molar-refractivity contribution in [2.45, 2.75) is 32.3 Å². The minimum absolute atomic E-state index is 0.110. The summed E-state index contributed by atoms with van der Waals surface area (Å²) < 4.78 is 0. The first-order valence-electron chi connectivity index (χ1n) is 6.12. The number of aromatic nitrogens is 2. The van der Waals surface area contributed by atoms with Crippen molar-refractivity contribution in [1.29, 1.82) is 0 Å². The molecule has 0 bridgehead atoms. The number of aliphatic hydroxyl groups is 1. The Hall–Kier alpha value is -1.36. The molecule has 2 rings (SSSR count). The van der Waals surface area contributed by atoms with E-state index in [0.29, 0.717) is 11.9 Å². The van der Waals surface area contributed by atoms with Crippen molar-refractivity contribution >= 4 is 11.8 Å². The van der Waals surface area contributed by atoms with Crippen LogP contribution in [0.3, 0.4) is 0 Å². The molecule has 94 valence electrons. The standard InChI is InChI=1S/C12H20N4O/c1-8-6-15-12(13-2)16-11(8)14-7-9-3-4-10(17)5-9/h6,9-10,17H,3-5,7H2,1-2H3,(H2,13,14,15,16). The Labute approximate surface area is 102 Å². The van der Waals surface area contributed by atoms with Crippen molar-refractivity contribution in [1.82, 2.24) is 9.97 Å². The molecule has 1 fully saturated rings. The first-order chi connectivity index (χ1) is 8.19. The summed E-state index contributed by atoms with van der Waals surface area (Å²) in [6.45, 7) is 2.86.